The van der Waals surface area contributed by atoms with E-state index in [0.717, 1.165) is 25.7 Å². The lowest BCUT2D eigenvalue weighted by molar-refractivity contribution is -0.142. The second-order valence-electron chi connectivity index (χ2n) is 4.24. The van der Waals surface area contributed by atoms with E-state index in [1.54, 1.807) is 0 Å². The molecule has 3 heteroatoms. The van der Waals surface area contributed by atoms with Crippen LogP contribution in [0.1, 0.15) is 45.1 Å². The van der Waals surface area contributed by atoms with Gasteiger partial charge >= 0.3 is 29.0 Å². The van der Waals surface area contributed by atoms with Crippen molar-refractivity contribution in [2.75, 3.05) is 0 Å². The van der Waals surface area contributed by atoms with Crippen LogP contribution in [0.2, 0.25) is 0 Å². The Morgan fingerprint density at radius 1 is 1.22 bits per heavy atom. The van der Waals surface area contributed by atoms with E-state index >= 15 is 0 Å². The summed E-state index contributed by atoms with van der Waals surface area (Å²) >= 11 is 0. The van der Waals surface area contributed by atoms with Gasteiger partial charge in [0, 0.05) is 0 Å². The van der Waals surface area contributed by atoms with Gasteiger partial charge in [0.1, 0.15) is 0 Å². The molecule has 0 spiro atoms. The summed E-state index contributed by atoms with van der Waals surface area (Å²) in [7, 11) is 0. The van der Waals surface area contributed by atoms with Crippen molar-refractivity contribution in [1.82, 2.24) is 0 Å². The fourth-order valence-corrected chi connectivity index (χ4v) is 1.49. The van der Waals surface area contributed by atoms with E-state index in [0.29, 0.717) is 0 Å². The summed E-state index contributed by atoms with van der Waals surface area (Å²) in [6.07, 6.45) is 3.71. The summed E-state index contributed by atoms with van der Waals surface area (Å²) in [4.78, 5) is 10.4. The average Bonchev–Trinajstić information content (AvgIpc) is 2.31. The summed E-state index contributed by atoms with van der Waals surface area (Å²) in [5.41, 5.74) is 1.32. The van der Waals surface area contributed by atoms with E-state index in [1.165, 1.54) is 5.56 Å². The highest BCUT2D eigenvalue weighted by Gasteiger charge is 2.12. The Bertz CT molecular complexity index is 299. The van der Waals surface area contributed by atoms with Gasteiger partial charge in [-0.2, -0.15) is 0 Å². The van der Waals surface area contributed by atoms with Crippen molar-refractivity contribution in [3.8, 4) is 0 Å². The number of aryl methyl sites for hydroxylation is 1. The largest absolute Gasteiger partial charge is 0.481 e. The number of unbranched alkanes of at least 4 members (excludes halogenated alkanes) is 1. The summed E-state index contributed by atoms with van der Waals surface area (Å²) in [6, 6.07) is 10.3. The number of hydrogen-bond donors (Lipinski definition) is 1. The van der Waals surface area contributed by atoms with Crippen molar-refractivity contribution < 1.29 is 9.90 Å². The molecule has 0 aliphatic heterocycles. The number of rotatable bonds is 5. The minimum atomic E-state index is -0.643. The molecule has 0 bridgehead atoms. The van der Waals surface area contributed by atoms with Crippen LogP contribution in [0.5, 0.6) is 0 Å². The molecule has 1 aromatic rings. The van der Waals surface area contributed by atoms with Crippen molar-refractivity contribution >= 4 is 29.0 Å². The maximum Gasteiger partial charge on any atom is 0.316 e. The minimum Gasteiger partial charge on any atom is -0.481 e. The first-order chi connectivity index (χ1) is 8.11. The van der Waals surface area contributed by atoms with Crippen molar-refractivity contribution in [2.45, 2.75) is 46.5 Å². The number of carbonyl (C=O) groups is 1. The summed E-state index contributed by atoms with van der Waals surface area (Å²) in [5.74, 6) is -0.754. The molecular formula is C15H26MgO2. The van der Waals surface area contributed by atoms with Crippen LogP contribution in [0.3, 0.4) is 0 Å². The zero-order valence-corrected chi connectivity index (χ0v) is 11.1. The van der Waals surface area contributed by atoms with E-state index in [-0.39, 0.29) is 29.0 Å². The first kappa shape index (κ1) is 19.8. The molecule has 1 atom stereocenters. The lowest BCUT2D eigenvalue weighted by Crippen LogP contribution is -2.11. The standard InChI is InChI=1S/C8H16O2.C7H8.Mg.2H/c1-3-5-6-7(4-2)8(9)10;1-7-5-3-2-4-6-7;;;/h7H,3-6H2,1-2H3,(H,9,10);2-6H,1H3;;;. The van der Waals surface area contributed by atoms with Crippen LogP contribution in [-0.2, 0) is 4.79 Å². The first-order valence-electron chi connectivity index (χ1n) is 6.36. The average molecular weight is 263 g/mol. The van der Waals surface area contributed by atoms with Crippen LogP contribution >= 0.6 is 0 Å². The van der Waals surface area contributed by atoms with Crippen LogP contribution in [0, 0.1) is 12.8 Å². The van der Waals surface area contributed by atoms with Gasteiger partial charge in [0.25, 0.3) is 0 Å². The molecule has 1 unspecified atom stereocenters. The third-order valence-corrected chi connectivity index (χ3v) is 2.69. The number of benzene rings is 1. The predicted molar refractivity (Wildman–Crippen MR) is 80.7 cm³/mol. The van der Waals surface area contributed by atoms with Gasteiger partial charge in [-0.1, -0.05) is 62.6 Å². The summed E-state index contributed by atoms with van der Waals surface area (Å²) in [6.45, 7) is 6.09. The van der Waals surface area contributed by atoms with Gasteiger partial charge < -0.3 is 5.11 Å². The molecule has 1 N–H and O–H groups in total. The maximum atomic E-state index is 10.4. The molecule has 0 aromatic heterocycles. The maximum absolute atomic E-state index is 10.4. The Morgan fingerprint density at radius 2 is 1.78 bits per heavy atom. The molecule has 2 nitrogen and oxygen atoms in total. The lowest BCUT2D eigenvalue weighted by Gasteiger charge is -2.06. The predicted octanol–water partition coefficient (Wildman–Crippen LogP) is 3.37. The van der Waals surface area contributed by atoms with Crippen molar-refractivity contribution in [2.24, 2.45) is 5.92 Å². The van der Waals surface area contributed by atoms with Crippen LogP contribution in [-0.4, -0.2) is 34.1 Å². The summed E-state index contributed by atoms with van der Waals surface area (Å²) < 4.78 is 0. The lowest BCUT2D eigenvalue weighted by atomic mass is 10.00. The molecule has 0 aliphatic carbocycles. The second kappa shape index (κ2) is 12.9. The quantitative estimate of drug-likeness (QED) is 0.826. The number of hydrogen-bond acceptors (Lipinski definition) is 1. The SMILES string of the molecule is CCCCC(CC)C(=O)O.Cc1ccccc1.[MgH2]. The highest BCUT2D eigenvalue weighted by Crippen LogP contribution is 2.11. The normalized spacial score (nSPS) is 10.6. The van der Waals surface area contributed by atoms with Crippen LogP contribution in [0.15, 0.2) is 30.3 Å². The van der Waals surface area contributed by atoms with Gasteiger partial charge in [0.05, 0.1) is 5.92 Å². The number of aliphatic carboxylic acids is 1. The molecule has 0 radical (unpaired) electrons. The molecule has 100 valence electrons. The van der Waals surface area contributed by atoms with Gasteiger partial charge in [0.2, 0.25) is 0 Å². The monoisotopic (exact) mass is 262 g/mol. The Labute approximate surface area is 127 Å². The molecule has 0 fully saturated rings. The third-order valence-electron chi connectivity index (χ3n) is 2.69. The first-order valence-corrected chi connectivity index (χ1v) is 6.36. The molecule has 1 rings (SSSR count). The highest BCUT2D eigenvalue weighted by molar-refractivity contribution is 5.75. The van der Waals surface area contributed by atoms with Gasteiger partial charge in [-0.05, 0) is 19.8 Å². The zero-order valence-electron chi connectivity index (χ0n) is 11.1. The van der Waals surface area contributed by atoms with Crippen molar-refractivity contribution in [1.29, 1.82) is 0 Å². The Morgan fingerprint density at radius 3 is 2.06 bits per heavy atom. The highest BCUT2D eigenvalue weighted by atomic mass is 24.3. The van der Waals surface area contributed by atoms with E-state index in [9.17, 15) is 4.79 Å². The molecule has 0 aliphatic rings. The van der Waals surface area contributed by atoms with E-state index in [4.69, 9.17) is 5.11 Å². The van der Waals surface area contributed by atoms with Crippen LogP contribution in [0.25, 0.3) is 0 Å². The Kier molecular flexibility index (Phi) is 14.2. The van der Waals surface area contributed by atoms with E-state index in [2.05, 4.69) is 26.0 Å². The molecule has 0 saturated carbocycles. The third kappa shape index (κ3) is 10.6. The van der Waals surface area contributed by atoms with Crippen LogP contribution < -0.4 is 0 Å². The minimum absolute atomic E-state index is 0. The van der Waals surface area contributed by atoms with Crippen molar-refractivity contribution in [3.63, 3.8) is 0 Å². The fourth-order valence-electron chi connectivity index (χ4n) is 1.49. The molecule has 18 heavy (non-hydrogen) atoms. The van der Waals surface area contributed by atoms with E-state index < -0.39 is 5.97 Å². The molecule has 1 aromatic carbocycles. The Balaban J connectivity index is 0. The smallest absolute Gasteiger partial charge is 0.316 e. The molecule has 0 saturated heterocycles. The van der Waals surface area contributed by atoms with E-state index in [1.807, 2.05) is 25.1 Å². The number of carboxylic acid groups (broad SMARTS) is 1. The second-order valence-corrected chi connectivity index (χ2v) is 4.24. The molecule has 0 heterocycles. The topological polar surface area (TPSA) is 37.3 Å². The van der Waals surface area contributed by atoms with Gasteiger partial charge in [-0.3, -0.25) is 4.79 Å². The van der Waals surface area contributed by atoms with Gasteiger partial charge in [-0.25, -0.2) is 0 Å². The Hall–Kier alpha value is -0.544. The van der Waals surface area contributed by atoms with Gasteiger partial charge in [-0.15, -0.1) is 0 Å². The van der Waals surface area contributed by atoms with Gasteiger partial charge in [0.15, 0.2) is 0 Å². The summed E-state index contributed by atoms with van der Waals surface area (Å²) in [5, 5.41) is 8.60. The fraction of sp³-hybridized carbons (Fsp3) is 0.533. The zero-order chi connectivity index (χ0) is 13.1. The van der Waals surface area contributed by atoms with Crippen molar-refractivity contribution in [3.05, 3.63) is 35.9 Å². The number of carboxylic acids is 1. The van der Waals surface area contributed by atoms with Crippen LogP contribution in [0.4, 0.5) is 0 Å². The molecule has 0 amide bonds. The molecular weight excluding hydrogens is 236 g/mol.